The second-order valence-electron chi connectivity index (χ2n) is 4.45. The van der Waals surface area contributed by atoms with E-state index in [-0.39, 0.29) is 6.61 Å². The zero-order valence-corrected chi connectivity index (χ0v) is 9.58. The minimum atomic E-state index is -0.652. The van der Waals surface area contributed by atoms with Gasteiger partial charge in [-0.1, -0.05) is 0 Å². The third kappa shape index (κ3) is 2.81. The van der Waals surface area contributed by atoms with Crippen LogP contribution in [-0.2, 0) is 13.6 Å². The number of hydrogen-bond acceptors (Lipinski definition) is 4. The van der Waals surface area contributed by atoms with Crippen LogP contribution in [0, 0.1) is 0 Å². The molecule has 16 heavy (non-hydrogen) atoms. The number of rotatable bonds is 6. The van der Waals surface area contributed by atoms with Crippen LogP contribution in [0.15, 0.2) is 12.4 Å². The van der Waals surface area contributed by atoms with Crippen molar-refractivity contribution >= 4 is 0 Å². The van der Waals surface area contributed by atoms with Gasteiger partial charge in [0.15, 0.2) is 0 Å². The van der Waals surface area contributed by atoms with Gasteiger partial charge in [0, 0.05) is 32.0 Å². The predicted molar refractivity (Wildman–Crippen MR) is 59.7 cm³/mol. The van der Waals surface area contributed by atoms with Crippen molar-refractivity contribution in [2.24, 2.45) is 7.05 Å². The number of aliphatic hydroxyl groups excluding tert-OH is 2. The summed E-state index contributed by atoms with van der Waals surface area (Å²) in [5, 5.41) is 18.4. The first-order valence-electron chi connectivity index (χ1n) is 5.70. The van der Waals surface area contributed by atoms with Crippen LogP contribution in [-0.4, -0.2) is 50.0 Å². The Hall–Kier alpha value is -0.910. The van der Waals surface area contributed by atoms with Gasteiger partial charge in [0.25, 0.3) is 0 Å². The monoisotopic (exact) mass is 225 g/mol. The van der Waals surface area contributed by atoms with Crippen LogP contribution in [0.5, 0.6) is 0 Å². The van der Waals surface area contributed by atoms with E-state index in [0.717, 1.165) is 12.4 Å². The molecule has 1 heterocycles. The summed E-state index contributed by atoms with van der Waals surface area (Å²) in [6.07, 6.45) is 5.41. The number of aryl methyl sites for hydroxylation is 1. The van der Waals surface area contributed by atoms with E-state index in [2.05, 4.69) is 9.88 Å². The molecule has 0 unspecified atom stereocenters. The zero-order chi connectivity index (χ0) is 11.5. The molecule has 1 aliphatic rings. The fourth-order valence-electron chi connectivity index (χ4n) is 1.84. The van der Waals surface area contributed by atoms with Gasteiger partial charge in [-0.15, -0.1) is 0 Å². The molecule has 2 N–H and O–H groups in total. The van der Waals surface area contributed by atoms with Crippen molar-refractivity contribution in [1.82, 2.24) is 14.5 Å². The van der Waals surface area contributed by atoms with Crippen molar-refractivity contribution < 1.29 is 10.2 Å². The van der Waals surface area contributed by atoms with E-state index in [1.165, 1.54) is 12.8 Å². The lowest BCUT2D eigenvalue weighted by atomic mass is 10.3. The third-order valence-corrected chi connectivity index (χ3v) is 2.98. The molecule has 0 saturated heterocycles. The molecule has 0 amide bonds. The summed E-state index contributed by atoms with van der Waals surface area (Å²) in [7, 11) is 1.97. The van der Waals surface area contributed by atoms with E-state index in [9.17, 15) is 5.11 Å². The van der Waals surface area contributed by atoms with Crippen LogP contribution in [0.3, 0.4) is 0 Å². The van der Waals surface area contributed by atoms with Gasteiger partial charge in [0.1, 0.15) is 5.82 Å². The number of hydrogen-bond donors (Lipinski definition) is 2. The molecule has 2 rings (SSSR count). The molecule has 0 aliphatic heterocycles. The summed E-state index contributed by atoms with van der Waals surface area (Å²) < 4.78 is 1.99. The first kappa shape index (κ1) is 11.6. The van der Waals surface area contributed by atoms with E-state index in [1.807, 2.05) is 17.8 Å². The maximum Gasteiger partial charge on any atom is 0.122 e. The Kier molecular flexibility index (Phi) is 3.58. The fourth-order valence-corrected chi connectivity index (χ4v) is 1.84. The van der Waals surface area contributed by atoms with Crippen molar-refractivity contribution in [2.45, 2.75) is 31.5 Å². The number of imidazole rings is 1. The van der Waals surface area contributed by atoms with Crippen LogP contribution in [0.2, 0.25) is 0 Å². The summed E-state index contributed by atoms with van der Waals surface area (Å²) in [6, 6.07) is 0.554. The Labute approximate surface area is 95.3 Å². The van der Waals surface area contributed by atoms with Gasteiger partial charge in [0.05, 0.1) is 19.3 Å². The Morgan fingerprint density at radius 3 is 2.88 bits per heavy atom. The molecular weight excluding hydrogens is 206 g/mol. The molecule has 1 aromatic rings. The van der Waals surface area contributed by atoms with Crippen LogP contribution in [0.4, 0.5) is 0 Å². The van der Waals surface area contributed by atoms with Gasteiger partial charge in [-0.2, -0.15) is 0 Å². The van der Waals surface area contributed by atoms with Crippen molar-refractivity contribution in [3.8, 4) is 0 Å². The molecule has 1 saturated carbocycles. The number of aromatic nitrogens is 2. The summed E-state index contributed by atoms with van der Waals surface area (Å²) in [4.78, 5) is 6.47. The molecule has 1 aromatic heterocycles. The molecule has 5 heteroatoms. The van der Waals surface area contributed by atoms with E-state index < -0.39 is 6.10 Å². The molecule has 1 fully saturated rings. The van der Waals surface area contributed by atoms with Crippen molar-refractivity contribution in [3.05, 3.63) is 18.2 Å². The van der Waals surface area contributed by atoms with E-state index in [4.69, 9.17) is 5.11 Å². The second kappa shape index (κ2) is 4.95. The van der Waals surface area contributed by atoms with E-state index in [0.29, 0.717) is 12.6 Å². The Morgan fingerprint density at radius 1 is 1.62 bits per heavy atom. The Balaban J connectivity index is 1.95. The lowest BCUT2D eigenvalue weighted by Crippen LogP contribution is -2.36. The normalized spacial score (nSPS) is 18.0. The van der Waals surface area contributed by atoms with Crippen molar-refractivity contribution in [1.29, 1.82) is 0 Å². The Morgan fingerprint density at radius 2 is 2.38 bits per heavy atom. The van der Waals surface area contributed by atoms with Gasteiger partial charge in [-0.05, 0) is 12.8 Å². The van der Waals surface area contributed by atoms with Crippen LogP contribution < -0.4 is 0 Å². The maximum absolute atomic E-state index is 9.48. The van der Waals surface area contributed by atoms with Crippen LogP contribution >= 0.6 is 0 Å². The summed E-state index contributed by atoms with van der Waals surface area (Å²) >= 11 is 0. The average molecular weight is 225 g/mol. The van der Waals surface area contributed by atoms with Gasteiger partial charge in [0.2, 0.25) is 0 Å². The molecule has 1 atom stereocenters. The molecular formula is C11H19N3O2. The highest BCUT2D eigenvalue weighted by molar-refractivity contribution is 4.95. The molecule has 90 valence electrons. The molecule has 1 aliphatic carbocycles. The van der Waals surface area contributed by atoms with Crippen molar-refractivity contribution in [2.75, 3.05) is 13.2 Å². The second-order valence-corrected chi connectivity index (χ2v) is 4.45. The van der Waals surface area contributed by atoms with E-state index in [1.54, 1.807) is 6.20 Å². The minimum Gasteiger partial charge on any atom is -0.394 e. The smallest absolute Gasteiger partial charge is 0.122 e. The fraction of sp³-hybridized carbons (Fsp3) is 0.727. The first-order valence-corrected chi connectivity index (χ1v) is 5.70. The Bertz CT molecular complexity index is 336. The lowest BCUT2D eigenvalue weighted by molar-refractivity contribution is 0.0529. The summed E-state index contributed by atoms with van der Waals surface area (Å²) in [5.41, 5.74) is 0. The minimum absolute atomic E-state index is 0.177. The molecule has 0 spiro atoms. The molecule has 0 aromatic carbocycles. The standard InChI is InChI=1S/C11H19N3O2/c1-13-5-4-12-11(13)7-14(9-2-3-9)6-10(16)8-15/h4-5,9-10,15-16H,2-3,6-8H2,1H3/t10-/m1/s1. The van der Waals surface area contributed by atoms with Gasteiger partial charge < -0.3 is 14.8 Å². The van der Waals surface area contributed by atoms with Gasteiger partial charge >= 0.3 is 0 Å². The topological polar surface area (TPSA) is 61.5 Å². The summed E-state index contributed by atoms with van der Waals surface area (Å²) in [6.45, 7) is 1.09. The number of aliphatic hydroxyl groups is 2. The van der Waals surface area contributed by atoms with Gasteiger partial charge in [-0.25, -0.2) is 4.98 Å². The molecule has 0 bridgehead atoms. The zero-order valence-electron chi connectivity index (χ0n) is 9.58. The predicted octanol–water partition coefficient (Wildman–Crippen LogP) is -0.262. The first-order chi connectivity index (χ1) is 7.70. The summed E-state index contributed by atoms with van der Waals surface area (Å²) in [5.74, 6) is 0.997. The van der Waals surface area contributed by atoms with Crippen LogP contribution in [0.25, 0.3) is 0 Å². The average Bonchev–Trinajstić information content (AvgIpc) is 3.04. The highest BCUT2D eigenvalue weighted by Crippen LogP contribution is 2.28. The maximum atomic E-state index is 9.48. The van der Waals surface area contributed by atoms with E-state index >= 15 is 0 Å². The van der Waals surface area contributed by atoms with Gasteiger partial charge in [-0.3, -0.25) is 4.90 Å². The third-order valence-electron chi connectivity index (χ3n) is 2.98. The molecule has 5 nitrogen and oxygen atoms in total. The number of nitrogens with zero attached hydrogens (tertiary/aromatic N) is 3. The van der Waals surface area contributed by atoms with Crippen molar-refractivity contribution in [3.63, 3.8) is 0 Å². The van der Waals surface area contributed by atoms with Crippen LogP contribution in [0.1, 0.15) is 18.7 Å². The quantitative estimate of drug-likeness (QED) is 0.700. The largest absolute Gasteiger partial charge is 0.394 e. The SMILES string of the molecule is Cn1ccnc1CN(C[C@@H](O)CO)C1CC1. The lowest BCUT2D eigenvalue weighted by Gasteiger charge is -2.23. The highest BCUT2D eigenvalue weighted by atomic mass is 16.3. The highest BCUT2D eigenvalue weighted by Gasteiger charge is 2.30. The molecule has 0 radical (unpaired) electrons.